The van der Waals surface area contributed by atoms with Gasteiger partial charge in [0.05, 0.1) is 11.0 Å². The van der Waals surface area contributed by atoms with Gasteiger partial charge in [-0.3, -0.25) is 29.6 Å². The molecule has 1 heterocycles. The van der Waals surface area contributed by atoms with Crippen LogP contribution in [0.1, 0.15) is 19.8 Å². The third kappa shape index (κ3) is 5.05. The summed E-state index contributed by atoms with van der Waals surface area (Å²) in [6.07, 6.45) is 0.833. The first-order chi connectivity index (χ1) is 14.5. The lowest BCUT2D eigenvalue weighted by Crippen LogP contribution is -2.44. The van der Waals surface area contributed by atoms with Gasteiger partial charge < -0.3 is 4.74 Å². The van der Waals surface area contributed by atoms with Crippen LogP contribution in [0, 0.1) is 5.82 Å². The minimum Gasteiger partial charge on any atom is -0.484 e. The van der Waals surface area contributed by atoms with Crippen molar-refractivity contribution in [2.24, 2.45) is 0 Å². The molecule has 2 amide bonds. The maximum Gasteiger partial charge on any atom is 0.329 e. The predicted octanol–water partition coefficient (Wildman–Crippen LogP) is 1.97. The lowest BCUT2D eigenvalue weighted by molar-refractivity contribution is -0.130. The number of aromatic nitrogens is 2. The number of nitrogens with one attached hydrogen (secondary N) is 2. The number of ether oxygens (including phenoxy) is 1. The Bertz CT molecular complexity index is 1090. The van der Waals surface area contributed by atoms with E-state index in [1.807, 2.05) is 31.2 Å². The maximum absolute atomic E-state index is 12.8. The molecular formula is C21H23FN4O4. The van der Waals surface area contributed by atoms with Crippen molar-refractivity contribution in [2.45, 2.75) is 32.9 Å². The Morgan fingerprint density at radius 3 is 2.17 bits per heavy atom. The molecule has 3 rings (SSSR count). The molecule has 8 nitrogen and oxygen atoms in total. The fourth-order valence-corrected chi connectivity index (χ4v) is 3.06. The molecule has 0 aliphatic heterocycles. The van der Waals surface area contributed by atoms with Crippen LogP contribution >= 0.6 is 0 Å². The molecule has 0 saturated heterocycles. The van der Waals surface area contributed by atoms with Crippen molar-refractivity contribution >= 4 is 22.8 Å². The highest BCUT2D eigenvalue weighted by Gasteiger charge is 2.13. The molecule has 2 N–H and O–H groups in total. The minimum absolute atomic E-state index is 0.0130. The number of imidazole rings is 1. The number of halogens is 1. The van der Waals surface area contributed by atoms with Crippen LogP contribution in [0.5, 0.6) is 5.75 Å². The summed E-state index contributed by atoms with van der Waals surface area (Å²) in [7, 11) is 0. The third-order valence-corrected chi connectivity index (χ3v) is 4.46. The molecule has 3 aromatic rings. The van der Waals surface area contributed by atoms with Crippen LogP contribution < -0.4 is 21.3 Å². The van der Waals surface area contributed by atoms with Crippen molar-refractivity contribution in [3.05, 3.63) is 64.8 Å². The first kappa shape index (κ1) is 21.1. The summed E-state index contributed by atoms with van der Waals surface area (Å²) in [6, 6.07) is 12.7. The lowest BCUT2D eigenvalue weighted by atomic mass is 10.3. The molecule has 0 atom stereocenters. The molecule has 0 aliphatic carbocycles. The quantitative estimate of drug-likeness (QED) is 0.551. The summed E-state index contributed by atoms with van der Waals surface area (Å²) in [6.45, 7) is 2.44. The summed E-state index contributed by atoms with van der Waals surface area (Å²) >= 11 is 0. The zero-order valence-electron chi connectivity index (χ0n) is 16.6. The van der Waals surface area contributed by atoms with Crippen molar-refractivity contribution in [2.75, 3.05) is 6.61 Å². The number of hydrogen-bond acceptors (Lipinski definition) is 4. The second kappa shape index (κ2) is 9.73. The molecule has 0 fully saturated rings. The largest absolute Gasteiger partial charge is 0.484 e. The van der Waals surface area contributed by atoms with Gasteiger partial charge in [0.2, 0.25) is 5.91 Å². The molecule has 0 unspecified atom stereocenters. The molecule has 0 saturated carbocycles. The van der Waals surface area contributed by atoms with Crippen molar-refractivity contribution in [3.8, 4) is 5.75 Å². The van der Waals surface area contributed by atoms with Crippen LogP contribution in [0.2, 0.25) is 0 Å². The van der Waals surface area contributed by atoms with Crippen molar-refractivity contribution < 1.29 is 18.7 Å². The van der Waals surface area contributed by atoms with Gasteiger partial charge in [0.25, 0.3) is 5.91 Å². The fourth-order valence-electron chi connectivity index (χ4n) is 3.06. The van der Waals surface area contributed by atoms with Crippen molar-refractivity contribution in [1.82, 2.24) is 20.0 Å². The summed E-state index contributed by atoms with van der Waals surface area (Å²) in [5.74, 6) is -1.08. The van der Waals surface area contributed by atoms with Crippen molar-refractivity contribution in [1.29, 1.82) is 0 Å². The van der Waals surface area contributed by atoms with E-state index in [0.717, 1.165) is 17.5 Å². The number of aryl methyl sites for hydroxylation is 2. The van der Waals surface area contributed by atoms with E-state index in [9.17, 15) is 18.8 Å². The standard InChI is InChI=1S/C21H23FN4O4/c1-2-12-25-17-5-3-4-6-18(17)26(21(25)29)13-11-19(27)23-24-20(28)14-30-16-9-7-15(22)8-10-16/h3-10H,2,11-14H2,1H3,(H,23,27)(H,24,28). The Morgan fingerprint density at radius 2 is 1.53 bits per heavy atom. The number of carbonyl (C=O) groups is 2. The van der Waals surface area contributed by atoms with E-state index in [-0.39, 0.29) is 25.3 Å². The van der Waals surface area contributed by atoms with Crippen LogP contribution in [0.25, 0.3) is 11.0 Å². The lowest BCUT2D eigenvalue weighted by Gasteiger charge is -2.09. The number of rotatable bonds is 8. The summed E-state index contributed by atoms with van der Waals surface area (Å²) in [5.41, 5.74) is 5.97. The molecule has 30 heavy (non-hydrogen) atoms. The third-order valence-electron chi connectivity index (χ3n) is 4.46. The van der Waals surface area contributed by atoms with Gasteiger partial charge in [0.1, 0.15) is 11.6 Å². The topological polar surface area (TPSA) is 94.4 Å². The molecule has 1 aromatic heterocycles. The van der Waals surface area contributed by atoms with Crippen LogP contribution in [0.3, 0.4) is 0 Å². The first-order valence-corrected chi connectivity index (χ1v) is 9.63. The Morgan fingerprint density at radius 1 is 0.933 bits per heavy atom. The molecule has 158 valence electrons. The summed E-state index contributed by atoms with van der Waals surface area (Å²) < 4.78 is 21.3. The molecule has 9 heteroatoms. The van der Waals surface area contributed by atoms with Gasteiger partial charge in [-0.15, -0.1) is 0 Å². The second-order valence-electron chi connectivity index (χ2n) is 6.66. The highest BCUT2D eigenvalue weighted by molar-refractivity contribution is 5.83. The number of carbonyl (C=O) groups excluding carboxylic acids is 2. The molecule has 2 aromatic carbocycles. The van der Waals surface area contributed by atoms with Gasteiger partial charge in [-0.25, -0.2) is 9.18 Å². The zero-order valence-corrected chi connectivity index (χ0v) is 16.6. The van der Waals surface area contributed by atoms with Crippen LogP contribution in [0.15, 0.2) is 53.3 Å². The molecule has 0 spiro atoms. The van der Waals surface area contributed by atoms with E-state index in [0.29, 0.717) is 12.3 Å². The zero-order chi connectivity index (χ0) is 21.5. The summed E-state index contributed by atoms with van der Waals surface area (Å²) in [5, 5.41) is 0. The number of benzene rings is 2. The SMILES string of the molecule is CCCn1c(=O)n(CCC(=O)NNC(=O)COc2ccc(F)cc2)c2ccccc21. The maximum atomic E-state index is 12.8. The Balaban J connectivity index is 1.51. The van der Waals surface area contributed by atoms with Gasteiger partial charge in [-0.1, -0.05) is 19.1 Å². The van der Waals surface area contributed by atoms with Gasteiger partial charge >= 0.3 is 5.69 Å². The second-order valence-corrected chi connectivity index (χ2v) is 6.66. The molecule has 0 aliphatic rings. The number of hydrazine groups is 1. The van der Waals surface area contributed by atoms with Crippen LogP contribution in [0.4, 0.5) is 4.39 Å². The Hall–Kier alpha value is -3.62. The molecule has 0 radical (unpaired) electrons. The number of nitrogens with zero attached hydrogens (tertiary/aromatic N) is 2. The van der Waals surface area contributed by atoms with Gasteiger partial charge in [-0.05, 0) is 42.8 Å². The summed E-state index contributed by atoms with van der Waals surface area (Å²) in [4.78, 5) is 36.5. The normalized spacial score (nSPS) is 10.7. The average molecular weight is 414 g/mol. The Labute approximate surface area is 172 Å². The number of para-hydroxylation sites is 2. The monoisotopic (exact) mass is 414 g/mol. The van der Waals surface area contributed by atoms with Gasteiger partial charge in [0.15, 0.2) is 6.61 Å². The van der Waals surface area contributed by atoms with Crippen molar-refractivity contribution in [3.63, 3.8) is 0 Å². The minimum atomic E-state index is -0.565. The smallest absolute Gasteiger partial charge is 0.329 e. The van der Waals surface area contributed by atoms with Crippen LogP contribution in [-0.2, 0) is 22.7 Å². The van der Waals surface area contributed by atoms with E-state index in [2.05, 4.69) is 10.9 Å². The van der Waals surface area contributed by atoms with E-state index in [4.69, 9.17) is 4.74 Å². The van der Waals surface area contributed by atoms with Gasteiger partial charge in [-0.2, -0.15) is 0 Å². The van der Waals surface area contributed by atoms with Gasteiger partial charge in [0, 0.05) is 19.5 Å². The van der Waals surface area contributed by atoms with E-state index >= 15 is 0 Å². The van der Waals surface area contributed by atoms with E-state index < -0.39 is 17.6 Å². The average Bonchev–Trinajstić information content (AvgIpc) is 3.02. The Kier molecular flexibility index (Phi) is 6.84. The molecular weight excluding hydrogens is 391 g/mol. The molecule has 0 bridgehead atoms. The first-order valence-electron chi connectivity index (χ1n) is 9.63. The highest BCUT2D eigenvalue weighted by Crippen LogP contribution is 2.13. The van der Waals surface area contributed by atoms with E-state index in [1.54, 1.807) is 9.13 Å². The highest BCUT2D eigenvalue weighted by atomic mass is 19.1. The van der Waals surface area contributed by atoms with Crippen LogP contribution in [-0.4, -0.2) is 27.6 Å². The number of fused-ring (bicyclic) bond motifs is 1. The number of hydrogen-bond donors (Lipinski definition) is 2. The predicted molar refractivity (Wildman–Crippen MR) is 109 cm³/mol. The van der Waals surface area contributed by atoms with E-state index in [1.165, 1.54) is 24.3 Å². The fraction of sp³-hybridized carbons (Fsp3) is 0.286. The number of amides is 2.